The van der Waals surface area contributed by atoms with Crippen molar-refractivity contribution in [2.75, 3.05) is 10.0 Å². The van der Waals surface area contributed by atoms with E-state index in [0.717, 1.165) is 23.0 Å². The zero-order valence-electron chi connectivity index (χ0n) is 15.3. The molecule has 0 saturated carbocycles. The maximum absolute atomic E-state index is 14.5. The van der Waals surface area contributed by atoms with Crippen LogP contribution in [0, 0.1) is 11.6 Å². The van der Waals surface area contributed by atoms with Gasteiger partial charge in [-0.15, -0.1) is 11.3 Å². The molecule has 2 aromatic carbocycles. The van der Waals surface area contributed by atoms with Gasteiger partial charge in [0.2, 0.25) is 0 Å². The van der Waals surface area contributed by atoms with E-state index in [1.165, 1.54) is 30.5 Å². The molecule has 4 rings (SSSR count). The summed E-state index contributed by atoms with van der Waals surface area (Å²) in [6.45, 7) is 0.440. The molecule has 0 aliphatic heterocycles. The molecule has 154 valence electrons. The predicted octanol–water partition coefficient (Wildman–Crippen LogP) is 4.21. The molecule has 0 spiro atoms. The zero-order valence-corrected chi connectivity index (χ0v) is 16.9. The standard InChI is InChI=1S/C19H15F2N5O2S2/c20-14-3-1-13(2-4-14)12-26-9-7-18(24-26)23-15-5-6-17(16(21)11-15)30(27,28)25-19-22-8-10-29-19/h1-11H,12H2,(H,22,25)(H,23,24). The third-order valence-electron chi connectivity index (χ3n) is 4.05. The van der Waals surface area contributed by atoms with E-state index >= 15 is 0 Å². The molecule has 11 heteroatoms. The lowest BCUT2D eigenvalue weighted by Gasteiger charge is -2.09. The summed E-state index contributed by atoms with van der Waals surface area (Å²) in [6, 6.07) is 11.5. The fourth-order valence-electron chi connectivity index (χ4n) is 2.68. The molecule has 7 nitrogen and oxygen atoms in total. The number of nitrogens with one attached hydrogen (secondary N) is 2. The fraction of sp³-hybridized carbons (Fsp3) is 0.0526. The molecular weight excluding hydrogens is 432 g/mol. The van der Waals surface area contributed by atoms with Crippen LogP contribution in [0.5, 0.6) is 0 Å². The van der Waals surface area contributed by atoms with Crippen molar-refractivity contribution in [1.82, 2.24) is 14.8 Å². The highest BCUT2D eigenvalue weighted by molar-refractivity contribution is 7.93. The predicted molar refractivity (Wildman–Crippen MR) is 110 cm³/mol. The van der Waals surface area contributed by atoms with Crippen molar-refractivity contribution < 1.29 is 17.2 Å². The molecular formula is C19H15F2N5O2S2. The number of benzene rings is 2. The number of thiazole rings is 1. The van der Waals surface area contributed by atoms with Gasteiger partial charge in [0.05, 0.1) is 6.54 Å². The van der Waals surface area contributed by atoms with Crippen LogP contribution in [0.2, 0.25) is 0 Å². The lowest BCUT2D eigenvalue weighted by molar-refractivity contribution is 0.570. The fourth-order valence-corrected chi connectivity index (χ4v) is 4.53. The van der Waals surface area contributed by atoms with Gasteiger partial charge < -0.3 is 5.32 Å². The zero-order chi connectivity index (χ0) is 21.1. The van der Waals surface area contributed by atoms with Crippen LogP contribution in [-0.4, -0.2) is 23.2 Å². The van der Waals surface area contributed by atoms with E-state index in [1.54, 1.807) is 34.5 Å². The first-order valence-corrected chi connectivity index (χ1v) is 11.0. The molecule has 0 aliphatic carbocycles. The van der Waals surface area contributed by atoms with Crippen LogP contribution < -0.4 is 10.0 Å². The van der Waals surface area contributed by atoms with Crippen molar-refractivity contribution in [1.29, 1.82) is 0 Å². The topological polar surface area (TPSA) is 88.9 Å². The summed E-state index contributed by atoms with van der Waals surface area (Å²) >= 11 is 1.09. The van der Waals surface area contributed by atoms with Gasteiger partial charge in [0.25, 0.3) is 10.0 Å². The van der Waals surface area contributed by atoms with E-state index in [0.29, 0.717) is 18.1 Å². The smallest absolute Gasteiger partial charge is 0.266 e. The number of aromatic nitrogens is 3. The molecule has 30 heavy (non-hydrogen) atoms. The number of halogens is 2. The van der Waals surface area contributed by atoms with Crippen LogP contribution in [-0.2, 0) is 16.6 Å². The number of hydrogen-bond donors (Lipinski definition) is 2. The Kier molecular flexibility index (Phi) is 5.46. The first-order chi connectivity index (χ1) is 14.4. The quantitative estimate of drug-likeness (QED) is 0.443. The molecule has 2 heterocycles. The lowest BCUT2D eigenvalue weighted by atomic mass is 10.2. The maximum atomic E-state index is 14.5. The Morgan fingerprint density at radius 3 is 2.57 bits per heavy atom. The van der Waals surface area contributed by atoms with Gasteiger partial charge in [-0.25, -0.2) is 22.2 Å². The Balaban J connectivity index is 1.46. The number of hydrogen-bond acceptors (Lipinski definition) is 6. The molecule has 0 atom stereocenters. The minimum atomic E-state index is -4.09. The highest BCUT2D eigenvalue weighted by Crippen LogP contribution is 2.24. The lowest BCUT2D eigenvalue weighted by Crippen LogP contribution is -2.14. The van der Waals surface area contributed by atoms with Crippen LogP contribution in [0.15, 0.2) is 71.2 Å². The van der Waals surface area contributed by atoms with Gasteiger partial charge in [0.1, 0.15) is 16.5 Å². The van der Waals surface area contributed by atoms with Gasteiger partial charge in [-0.3, -0.25) is 9.40 Å². The molecule has 0 saturated heterocycles. The van der Waals surface area contributed by atoms with Gasteiger partial charge in [-0.05, 0) is 35.9 Å². The van der Waals surface area contributed by atoms with E-state index in [-0.39, 0.29) is 10.9 Å². The second-order valence-electron chi connectivity index (χ2n) is 6.24. The molecule has 0 bridgehead atoms. The molecule has 0 aliphatic rings. The maximum Gasteiger partial charge on any atom is 0.266 e. The van der Waals surface area contributed by atoms with E-state index in [9.17, 15) is 17.2 Å². The molecule has 0 radical (unpaired) electrons. The number of anilines is 3. The third kappa shape index (κ3) is 4.63. The number of nitrogens with zero attached hydrogens (tertiary/aromatic N) is 3. The Bertz CT molecular complexity index is 1260. The van der Waals surface area contributed by atoms with Gasteiger partial charge in [-0.1, -0.05) is 12.1 Å². The minimum absolute atomic E-state index is 0.156. The summed E-state index contributed by atoms with van der Waals surface area (Å²) in [6.07, 6.45) is 3.17. The molecule has 4 aromatic rings. The monoisotopic (exact) mass is 447 g/mol. The van der Waals surface area contributed by atoms with Crippen LogP contribution >= 0.6 is 11.3 Å². The molecule has 2 aromatic heterocycles. The highest BCUT2D eigenvalue weighted by atomic mass is 32.2. The first kappa shape index (κ1) is 20.0. The largest absolute Gasteiger partial charge is 0.339 e. The van der Waals surface area contributed by atoms with Crippen LogP contribution in [0.1, 0.15) is 5.56 Å². The summed E-state index contributed by atoms with van der Waals surface area (Å²) < 4.78 is 56.0. The Labute approximate surface area is 175 Å². The Morgan fingerprint density at radius 2 is 1.87 bits per heavy atom. The van der Waals surface area contributed by atoms with Crippen LogP contribution in [0.3, 0.4) is 0 Å². The Morgan fingerprint density at radius 1 is 1.07 bits per heavy atom. The van der Waals surface area contributed by atoms with Crippen molar-refractivity contribution in [3.63, 3.8) is 0 Å². The van der Waals surface area contributed by atoms with Gasteiger partial charge in [0.15, 0.2) is 10.9 Å². The van der Waals surface area contributed by atoms with Gasteiger partial charge in [-0.2, -0.15) is 5.10 Å². The third-order valence-corrected chi connectivity index (χ3v) is 6.24. The molecule has 0 amide bonds. The SMILES string of the molecule is O=S(=O)(Nc1nccs1)c1ccc(Nc2ccn(Cc3ccc(F)cc3)n2)cc1F. The van der Waals surface area contributed by atoms with E-state index < -0.39 is 20.7 Å². The van der Waals surface area contributed by atoms with E-state index in [4.69, 9.17) is 0 Å². The normalized spacial score (nSPS) is 11.4. The summed E-state index contributed by atoms with van der Waals surface area (Å²) in [5.41, 5.74) is 1.21. The summed E-state index contributed by atoms with van der Waals surface area (Å²) in [5.74, 6) is -0.765. The van der Waals surface area contributed by atoms with Crippen molar-refractivity contribution >= 4 is 38.0 Å². The average Bonchev–Trinajstić information content (AvgIpc) is 3.35. The number of rotatable bonds is 7. The second kappa shape index (κ2) is 8.20. The summed E-state index contributed by atoms with van der Waals surface area (Å²) in [7, 11) is -4.09. The van der Waals surface area contributed by atoms with Gasteiger partial charge in [0, 0.05) is 29.5 Å². The summed E-state index contributed by atoms with van der Waals surface area (Å²) in [5, 5.41) is 9.02. The highest BCUT2D eigenvalue weighted by Gasteiger charge is 2.20. The molecule has 2 N–H and O–H groups in total. The van der Waals surface area contributed by atoms with Crippen LogP contribution in [0.4, 0.5) is 25.4 Å². The van der Waals surface area contributed by atoms with Crippen LogP contribution in [0.25, 0.3) is 0 Å². The Hall–Kier alpha value is -3.31. The van der Waals surface area contributed by atoms with Gasteiger partial charge >= 0.3 is 0 Å². The van der Waals surface area contributed by atoms with Crippen molar-refractivity contribution in [2.45, 2.75) is 11.4 Å². The van der Waals surface area contributed by atoms with Crippen molar-refractivity contribution in [3.8, 4) is 0 Å². The van der Waals surface area contributed by atoms with E-state index in [2.05, 4.69) is 20.1 Å². The van der Waals surface area contributed by atoms with Crippen molar-refractivity contribution in [3.05, 3.63) is 83.5 Å². The summed E-state index contributed by atoms with van der Waals surface area (Å²) in [4.78, 5) is 3.35. The number of sulfonamides is 1. The molecule has 0 fully saturated rings. The first-order valence-electron chi connectivity index (χ1n) is 8.66. The molecule has 0 unspecified atom stereocenters. The second-order valence-corrected chi connectivity index (χ2v) is 8.78. The van der Waals surface area contributed by atoms with E-state index in [1.807, 2.05) is 0 Å². The average molecular weight is 447 g/mol. The minimum Gasteiger partial charge on any atom is -0.339 e. The van der Waals surface area contributed by atoms with Crippen molar-refractivity contribution in [2.24, 2.45) is 0 Å².